The molecule has 1 rings (SSSR count). The summed E-state index contributed by atoms with van der Waals surface area (Å²) in [6.07, 6.45) is 1.88. The van der Waals surface area contributed by atoms with Gasteiger partial charge in [0.2, 0.25) is 5.91 Å². The molecule has 1 aromatic rings. The normalized spacial score (nSPS) is 12.1. The minimum Gasteiger partial charge on any atom is -0.400 e. The summed E-state index contributed by atoms with van der Waals surface area (Å²) in [4.78, 5) is 24.0. The second-order valence-electron chi connectivity index (χ2n) is 8.00. The van der Waals surface area contributed by atoms with Gasteiger partial charge in [-0.2, -0.15) is 12.6 Å². The van der Waals surface area contributed by atoms with Crippen LogP contribution in [0.25, 0.3) is 0 Å². The summed E-state index contributed by atoms with van der Waals surface area (Å²) < 4.78 is 0. The average molecular weight is 455 g/mol. The first-order valence-corrected chi connectivity index (χ1v) is 10.8. The van der Waals surface area contributed by atoms with Gasteiger partial charge in [0.05, 0.1) is 6.54 Å². The Bertz CT molecular complexity index is 695. The van der Waals surface area contributed by atoms with Crippen LogP contribution in [0.15, 0.2) is 36.2 Å². The molecule has 31 heavy (non-hydrogen) atoms. The van der Waals surface area contributed by atoms with E-state index in [0.29, 0.717) is 24.4 Å². The van der Waals surface area contributed by atoms with Crippen molar-refractivity contribution in [3.63, 3.8) is 0 Å². The number of rotatable bonds is 10. The summed E-state index contributed by atoms with van der Waals surface area (Å²) in [5.41, 5.74) is 14.5. The van der Waals surface area contributed by atoms with Crippen molar-refractivity contribution in [2.75, 3.05) is 17.6 Å². The molecule has 0 aromatic heterocycles. The van der Waals surface area contributed by atoms with Gasteiger partial charge in [0.1, 0.15) is 5.92 Å². The van der Waals surface area contributed by atoms with Gasteiger partial charge in [-0.3, -0.25) is 14.8 Å². The summed E-state index contributed by atoms with van der Waals surface area (Å²) >= 11 is 4.02. The highest BCUT2D eigenvalue weighted by Crippen LogP contribution is 2.16. The molecule has 9 nitrogen and oxygen atoms in total. The lowest BCUT2D eigenvalue weighted by Gasteiger charge is -2.17. The predicted octanol–water partition coefficient (Wildman–Crippen LogP) is 1.80. The summed E-state index contributed by atoms with van der Waals surface area (Å²) in [7, 11) is 0. The highest BCUT2D eigenvalue weighted by Gasteiger charge is 2.27. The Balaban J connectivity index is 0.00000161. The number of thiol groups is 1. The number of carbonyl (C=O) groups excluding carboxylic acids is 2. The predicted molar refractivity (Wildman–Crippen MR) is 128 cm³/mol. The molecule has 176 valence electrons. The molecule has 0 saturated carbocycles. The van der Waals surface area contributed by atoms with Crippen LogP contribution in [-0.4, -0.2) is 34.3 Å². The largest absolute Gasteiger partial charge is 0.400 e. The number of benzene rings is 1. The lowest BCUT2D eigenvalue weighted by Crippen LogP contribution is -2.37. The van der Waals surface area contributed by atoms with Gasteiger partial charge in [-0.15, -0.1) is 0 Å². The van der Waals surface area contributed by atoms with Gasteiger partial charge >= 0.3 is 0 Å². The smallest absolute Gasteiger partial charge is 0.255 e. The lowest BCUT2D eigenvalue weighted by molar-refractivity contribution is -0.139. The first kappa shape index (κ1) is 28.7. The van der Waals surface area contributed by atoms with Gasteiger partial charge in [0, 0.05) is 24.1 Å². The first-order chi connectivity index (χ1) is 14.5. The van der Waals surface area contributed by atoms with E-state index in [9.17, 15) is 9.59 Å². The Labute approximate surface area is 190 Å². The molecule has 10 heteroatoms. The van der Waals surface area contributed by atoms with Crippen LogP contribution in [0, 0.1) is 17.8 Å². The molecule has 1 aromatic carbocycles. The third-order valence-electron chi connectivity index (χ3n) is 3.97. The van der Waals surface area contributed by atoms with Gasteiger partial charge in [-0.05, 0) is 41.7 Å². The molecule has 0 aliphatic rings. The molecule has 9 N–H and O–H groups in total. The molecule has 0 aliphatic heterocycles. The van der Waals surface area contributed by atoms with Crippen LogP contribution in [0.5, 0.6) is 0 Å². The first-order valence-electron chi connectivity index (χ1n) is 10.2. The van der Waals surface area contributed by atoms with E-state index in [1.807, 2.05) is 13.8 Å². The number of nitrogens with one attached hydrogen (secondary N) is 2. The van der Waals surface area contributed by atoms with E-state index in [-0.39, 0.29) is 12.5 Å². The van der Waals surface area contributed by atoms with E-state index in [4.69, 9.17) is 22.5 Å². The number of hydroxylamine groups is 1. The molecular weight excluding hydrogens is 416 g/mol. The Morgan fingerprint density at radius 3 is 2.10 bits per heavy atom. The van der Waals surface area contributed by atoms with E-state index in [1.54, 1.807) is 35.9 Å². The maximum atomic E-state index is 12.3. The molecule has 0 spiro atoms. The van der Waals surface area contributed by atoms with Gasteiger partial charge < -0.3 is 21.8 Å². The Hall–Kier alpha value is -2.27. The van der Waals surface area contributed by atoms with Crippen molar-refractivity contribution >= 4 is 30.1 Å². The monoisotopic (exact) mass is 454 g/mol. The number of amides is 2. The summed E-state index contributed by atoms with van der Waals surface area (Å²) in [5, 5.41) is 12.9. The number of hydrogen-bond donors (Lipinski definition) is 7. The average Bonchev–Trinajstić information content (AvgIpc) is 2.72. The maximum Gasteiger partial charge on any atom is 0.255 e. The van der Waals surface area contributed by atoms with Crippen molar-refractivity contribution in [2.45, 2.75) is 40.7 Å². The highest BCUT2D eigenvalue weighted by atomic mass is 32.1. The quantitative estimate of drug-likeness (QED) is 0.0933. The molecular formula is C21H38N6O3S. The summed E-state index contributed by atoms with van der Waals surface area (Å²) in [5.74, 6) is 5.52. The molecule has 2 amide bonds. The topological polar surface area (TPSA) is 160 Å². The van der Waals surface area contributed by atoms with Crippen molar-refractivity contribution in [3.8, 4) is 0 Å². The van der Waals surface area contributed by atoms with Crippen molar-refractivity contribution in [1.82, 2.24) is 10.5 Å². The molecule has 1 atom stereocenters. The highest BCUT2D eigenvalue weighted by molar-refractivity contribution is 7.80. The third kappa shape index (κ3) is 12.9. The number of nitrogens with zero attached hydrogens (tertiary/aromatic N) is 1. The Morgan fingerprint density at radius 1 is 1.13 bits per heavy atom. The summed E-state index contributed by atoms with van der Waals surface area (Å²) in [6, 6.07) is 7.01. The number of hydrogen-bond acceptors (Lipinski definition) is 8. The van der Waals surface area contributed by atoms with Crippen molar-refractivity contribution in [2.24, 2.45) is 35.1 Å². The van der Waals surface area contributed by atoms with Crippen LogP contribution in [0.4, 0.5) is 5.69 Å². The fourth-order valence-corrected chi connectivity index (χ4v) is 2.33. The zero-order valence-corrected chi connectivity index (χ0v) is 19.7. The minimum atomic E-state index is -0.969. The molecule has 1 unspecified atom stereocenters. The molecule has 0 fully saturated rings. The number of hydrazine groups is 1. The summed E-state index contributed by atoms with van der Waals surface area (Å²) in [6.45, 7) is 8.71. The zero-order valence-electron chi connectivity index (χ0n) is 18.8. The SMILES string of the molecule is CC(C)CC(C(=O)NO)C(=O)Nc1ccc(CN(N)/C=C(\N)CN)cc1.CC(C)CS. The molecule has 0 radical (unpaired) electrons. The van der Waals surface area contributed by atoms with Gasteiger partial charge in [-0.25, -0.2) is 11.3 Å². The maximum absolute atomic E-state index is 12.3. The van der Waals surface area contributed by atoms with Crippen molar-refractivity contribution in [1.29, 1.82) is 0 Å². The van der Waals surface area contributed by atoms with Gasteiger partial charge in [-0.1, -0.05) is 39.8 Å². The Kier molecular flexibility index (Phi) is 14.4. The number of carbonyl (C=O) groups is 2. The van der Waals surface area contributed by atoms with Gasteiger partial charge in [0.15, 0.2) is 0 Å². The fourth-order valence-electron chi connectivity index (χ4n) is 2.33. The third-order valence-corrected chi connectivity index (χ3v) is 4.70. The molecule has 0 aliphatic carbocycles. The van der Waals surface area contributed by atoms with Crippen LogP contribution < -0.4 is 28.1 Å². The number of anilines is 1. The van der Waals surface area contributed by atoms with E-state index < -0.39 is 17.7 Å². The van der Waals surface area contributed by atoms with E-state index in [2.05, 4.69) is 31.8 Å². The van der Waals surface area contributed by atoms with E-state index in [0.717, 1.165) is 17.2 Å². The van der Waals surface area contributed by atoms with E-state index >= 15 is 0 Å². The molecule has 0 heterocycles. The minimum absolute atomic E-state index is 0.120. The van der Waals surface area contributed by atoms with Crippen molar-refractivity contribution < 1.29 is 14.8 Å². The standard InChI is InChI=1S/C17H28N6O3.C4H10S/c1-11(2)7-15(17(25)22-26)16(24)21-14-5-3-12(4-6-14)9-23(20)10-13(19)8-18;1-4(2)3-5/h3-6,10-11,15,26H,7-9,18-20H2,1-2H3,(H,21,24)(H,22,25);4-5H,3H2,1-2H3/b13-10-;. The number of nitrogens with two attached hydrogens (primary N) is 3. The van der Waals surface area contributed by atoms with Crippen molar-refractivity contribution in [3.05, 3.63) is 41.7 Å². The fraction of sp³-hybridized carbons (Fsp3) is 0.524. The van der Waals surface area contributed by atoms with Crippen LogP contribution in [0.3, 0.4) is 0 Å². The van der Waals surface area contributed by atoms with E-state index in [1.165, 1.54) is 5.01 Å². The van der Waals surface area contributed by atoms with Gasteiger partial charge in [0.25, 0.3) is 5.91 Å². The molecule has 0 bridgehead atoms. The zero-order chi connectivity index (χ0) is 24.0. The van der Waals surface area contributed by atoms with Crippen LogP contribution >= 0.6 is 12.6 Å². The second-order valence-corrected chi connectivity index (χ2v) is 8.37. The Morgan fingerprint density at radius 2 is 1.68 bits per heavy atom. The molecule has 0 saturated heterocycles. The van der Waals surface area contributed by atoms with Crippen LogP contribution in [-0.2, 0) is 16.1 Å². The van der Waals surface area contributed by atoms with Crippen LogP contribution in [0.2, 0.25) is 0 Å². The second kappa shape index (κ2) is 15.5. The van der Waals surface area contributed by atoms with Crippen LogP contribution in [0.1, 0.15) is 39.7 Å². The lowest BCUT2D eigenvalue weighted by atomic mass is 9.95.